The summed E-state index contributed by atoms with van der Waals surface area (Å²) in [7, 11) is 0. The third-order valence-corrected chi connectivity index (χ3v) is 2.03. The van der Waals surface area contributed by atoms with Gasteiger partial charge in [0.1, 0.15) is 12.4 Å². The van der Waals surface area contributed by atoms with Crippen LogP contribution in [-0.2, 0) is 9.59 Å². The van der Waals surface area contributed by atoms with E-state index in [1.807, 2.05) is 9.97 Å². The second-order valence-corrected chi connectivity index (χ2v) is 3.98. The quantitative estimate of drug-likeness (QED) is 0.344. The number of nitrogens with two attached hydrogens (primary N) is 2. The van der Waals surface area contributed by atoms with E-state index in [9.17, 15) is 38.2 Å². The first kappa shape index (κ1) is 28.6. The number of aromatic amines is 4. The van der Waals surface area contributed by atoms with Crippen molar-refractivity contribution in [2.75, 3.05) is 11.5 Å². The Kier molecular flexibility index (Phi) is 14.3. The third kappa shape index (κ3) is 13.1. The summed E-state index contributed by atoms with van der Waals surface area (Å²) in [5.41, 5.74) is 8.90. The van der Waals surface area contributed by atoms with Gasteiger partial charge < -0.3 is 42.2 Å². The van der Waals surface area contributed by atoms with E-state index in [0.29, 0.717) is 12.2 Å². The Morgan fingerprint density at radius 3 is 1.32 bits per heavy atom. The molecule has 0 unspecified atom stereocenters. The maximum Gasteiger partial charge on any atom is 0.495 e. The van der Waals surface area contributed by atoms with Crippen LogP contribution >= 0.6 is 0 Å². The van der Waals surface area contributed by atoms with E-state index in [1.165, 1.54) is 0 Å². The van der Waals surface area contributed by atoms with Crippen LogP contribution in [0, 0.1) is 11.6 Å². The zero-order valence-corrected chi connectivity index (χ0v) is 13.7. The van der Waals surface area contributed by atoms with E-state index in [-0.39, 0.29) is 22.6 Å². The number of hydrogen-bond donors (Lipinski definition) is 4. The van der Waals surface area contributed by atoms with Gasteiger partial charge in [0.25, 0.3) is 0 Å². The van der Waals surface area contributed by atoms with E-state index < -0.39 is 35.0 Å². The molecule has 2 aromatic rings. The monoisotopic (exact) mass is 410 g/mol. The summed E-state index contributed by atoms with van der Waals surface area (Å²) in [5, 5.41) is 18.8. The molecule has 0 saturated heterocycles. The van der Waals surface area contributed by atoms with Gasteiger partial charge in [0.05, 0.1) is 11.9 Å². The molecule has 2 heterocycles. The first-order chi connectivity index (χ1) is 12.0. The highest BCUT2D eigenvalue weighted by molar-refractivity contribution is 5.87. The summed E-state index contributed by atoms with van der Waals surface area (Å²) >= 11 is 0. The minimum Gasteiger partial charge on any atom is -0.545 e. The molecule has 0 atom stereocenters. The number of H-pyrrole nitrogens is 4. The van der Waals surface area contributed by atoms with E-state index in [4.69, 9.17) is 11.5 Å². The van der Waals surface area contributed by atoms with Gasteiger partial charge in [-0.05, 0) is 12.2 Å². The summed E-state index contributed by atoms with van der Waals surface area (Å²) in [6, 6.07) is 0. The number of carboxylic acid groups (broad SMARTS) is 2. The van der Waals surface area contributed by atoms with Gasteiger partial charge in [-0.15, -0.1) is 0 Å². The topological polar surface area (TPSA) is 289 Å². The molecule has 0 bridgehead atoms. The fourth-order valence-corrected chi connectivity index (χ4v) is 0.986. The lowest BCUT2D eigenvalue weighted by molar-refractivity contribution is -0.405. The highest BCUT2D eigenvalue weighted by Gasteiger charge is 2.02. The van der Waals surface area contributed by atoms with Crippen molar-refractivity contribution >= 4 is 23.6 Å². The lowest BCUT2D eigenvalue weighted by atomic mass is 10.5. The first-order valence-electron chi connectivity index (χ1n) is 6.25. The number of hydrogen-bond acceptors (Lipinski definition) is 8. The molecule has 156 valence electrons. The normalized spacial score (nSPS) is 8.79. The SMILES string of the molecule is Nc1[nH]c(=O)[nH+]cc1F.Nc1[nH]c(=O)[nH+]cc1F.O.O.O=C([O-])/C=C/C(=O)[O-]. The zero-order chi connectivity index (χ0) is 20.3. The van der Waals surface area contributed by atoms with Crippen molar-refractivity contribution in [2.45, 2.75) is 0 Å². The number of carbonyl (C=O) groups excluding carboxylic acids is 2. The first-order valence-corrected chi connectivity index (χ1v) is 6.25. The van der Waals surface area contributed by atoms with Crippen molar-refractivity contribution in [3.63, 3.8) is 0 Å². The van der Waals surface area contributed by atoms with Gasteiger partial charge in [-0.25, -0.2) is 9.97 Å². The lowest BCUT2D eigenvalue weighted by Crippen LogP contribution is -2.30. The summed E-state index contributed by atoms with van der Waals surface area (Å²) in [6.45, 7) is 0. The van der Waals surface area contributed by atoms with Crippen LogP contribution < -0.4 is 43.0 Å². The minimum atomic E-state index is -1.55. The molecule has 2 rings (SSSR count). The van der Waals surface area contributed by atoms with Crippen molar-refractivity contribution in [3.05, 3.63) is 57.1 Å². The van der Waals surface area contributed by atoms with Crippen molar-refractivity contribution in [1.82, 2.24) is 9.97 Å². The molecule has 0 aliphatic rings. The molecule has 0 aliphatic heterocycles. The molecule has 0 fully saturated rings. The fourth-order valence-electron chi connectivity index (χ4n) is 0.986. The molecular formula is C12H16F2N6O8. The molecule has 0 saturated carbocycles. The number of rotatable bonds is 2. The summed E-state index contributed by atoms with van der Waals surface area (Å²) < 4.78 is 24.3. The molecule has 0 aliphatic carbocycles. The van der Waals surface area contributed by atoms with Gasteiger partial charge in [-0.3, -0.25) is 0 Å². The second kappa shape index (κ2) is 14.0. The third-order valence-electron chi connectivity index (χ3n) is 2.03. The van der Waals surface area contributed by atoms with Crippen molar-refractivity contribution < 1.29 is 49.5 Å². The number of nitrogens with one attached hydrogen (secondary N) is 4. The van der Waals surface area contributed by atoms with Crippen LogP contribution in [0.2, 0.25) is 0 Å². The Labute approximate surface area is 152 Å². The number of aromatic nitrogens is 4. The van der Waals surface area contributed by atoms with Crippen LogP contribution in [0.25, 0.3) is 0 Å². The molecule has 0 radical (unpaired) electrons. The number of anilines is 2. The number of carbonyl (C=O) groups is 2. The van der Waals surface area contributed by atoms with Crippen LogP contribution in [-0.4, -0.2) is 32.9 Å². The molecule has 16 heteroatoms. The van der Waals surface area contributed by atoms with E-state index in [0.717, 1.165) is 12.4 Å². The standard InChI is InChI=1S/2C4H4FN3O.C4H4O4.2H2O/c2*5-2-1-7-4(9)8-3(2)6;5-3(6)1-2-4(7)8;;/h2*1H,(H3,6,7,8,9);1-2H,(H,5,6)(H,7,8);2*1H2/b;;2-1+;;. The van der Waals surface area contributed by atoms with Gasteiger partial charge in [0.15, 0.2) is 0 Å². The van der Waals surface area contributed by atoms with Gasteiger partial charge >= 0.3 is 11.4 Å². The van der Waals surface area contributed by atoms with E-state index in [1.54, 1.807) is 0 Å². The molecule has 12 N–H and O–H groups in total. The Hall–Kier alpha value is -4.18. The zero-order valence-electron chi connectivity index (χ0n) is 13.7. The Morgan fingerprint density at radius 2 is 1.14 bits per heavy atom. The lowest BCUT2D eigenvalue weighted by Gasteiger charge is -1.90. The smallest absolute Gasteiger partial charge is 0.495 e. The van der Waals surface area contributed by atoms with E-state index >= 15 is 0 Å². The Balaban J connectivity index is -0.000000324. The maximum atomic E-state index is 12.2. The predicted octanol–water partition coefficient (Wildman–Crippen LogP) is -6.79. The molecule has 0 aromatic carbocycles. The Morgan fingerprint density at radius 1 is 0.857 bits per heavy atom. The van der Waals surface area contributed by atoms with Gasteiger partial charge in [-0.1, -0.05) is 0 Å². The van der Waals surface area contributed by atoms with Crippen LogP contribution in [0.1, 0.15) is 0 Å². The Bertz CT molecular complexity index is 840. The highest BCUT2D eigenvalue weighted by atomic mass is 19.1. The largest absolute Gasteiger partial charge is 0.545 e. The van der Waals surface area contributed by atoms with Gasteiger partial charge in [-0.2, -0.15) is 28.3 Å². The average Bonchev–Trinajstić information content (AvgIpc) is 2.54. The number of carboxylic acids is 2. The van der Waals surface area contributed by atoms with Crippen LogP contribution in [0.4, 0.5) is 20.4 Å². The van der Waals surface area contributed by atoms with Gasteiger partial charge in [0.2, 0.25) is 23.3 Å². The number of aliphatic carboxylic acids is 2. The maximum absolute atomic E-state index is 12.2. The molecule has 28 heavy (non-hydrogen) atoms. The minimum absolute atomic E-state index is 0. The molecule has 14 nitrogen and oxygen atoms in total. The van der Waals surface area contributed by atoms with Crippen LogP contribution in [0.15, 0.2) is 34.1 Å². The molecule has 2 aromatic heterocycles. The highest BCUT2D eigenvalue weighted by Crippen LogP contribution is 1.96. The summed E-state index contributed by atoms with van der Waals surface area (Å²) in [6.07, 6.45) is 2.56. The number of halogens is 2. The predicted molar refractivity (Wildman–Crippen MR) is 82.4 cm³/mol. The fraction of sp³-hybridized carbons (Fsp3) is 0. The molecule has 0 spiro atoms. The second-order valence-electron chi connectivity index (χ2n) is 3.98. The van der Waals surface area contributed by atoms with Gasteiger partial charge in [0, 0.05) is 0 Å². The van der Waals surface area contributed by atoms with Crippen LogP contribution in [0.5, 0.6) is 0 Å². The average molecular weight is 410 g/mol. The van der Waals surface area contributed by atoms with Crippen molar-refractivity contribution in [2.24, 2.45) is 0 Å². The van der Waals surface area contributed by atoms with Crippen molar-refractivity contribution in [3.8, 4) is 0 Å². The molecular weight excluding hydrogens is 394 g/mol. The summed E-state index contributed by atoms with van der Waals surface area (Å²) in [4.78, 5) is 47.6. The van der Waals surface area contributed by atoms with E-state index in [2.05, 4.69) is 9.97 Å². The molecule has 0 amide bonds. The summed E-state index contributed by atoms with van der Waals surface area (Å²) in [5.74, 6) is -4.91. The van der Waals surface area contributed by atoms with Crippen molar-refractivity contribution in [1.29, 1.82) is 0 Å². The van der Waals surface area contributed by atoms with Crippen LogP contribution in [0.3, 0.4) is 0 Å². The number of nitrogen functional groups attached to an aromatic ring is 2.